The van der Waals surface area contributed by atoms with E-state index in [1.807, 2.05) is 36.6 Å². The van der Waals surface area contributed by atoms with Crippen LogP contribution >= 0.6 is 46.3 Å². The van der Waals surface area contributed by atoms with Gasteiger partial charge in [0.05, 0.1) is 16.2 Å². The van der Waals surface area contributed by atoms with Crippen LogP contribution in [0.3, 0.4) is 0 Å². The Morgan fingerprint density at radius 1 is 0.964 bits per heavy atom. The van der Waals surface area contributed by atoms with E-state index >= 15 is 0 Å². The van der Waals surface area contributed by atoms with E-state index in [0.717, 1.165) is 15.3 Å². The van der Waals surface area contributed by atoms with Crippen LogP contribution in [0.2, 0.25) is 10.0 Å². The first-order chi connectivity index (χ1) is 13.5. The van der Waals surface area contributed by atoms with Crippen molar-refractivity contribution in [1.29, 1.82) is 0 Å². The summed E-state index contributed by atoms with van der Waals surface area (Å²) >= 11 is 14.9. The van der Waals surface area contributed by atoms with E-state index < -0.39 is 0 Å². The zero-order valence-electron chi connectivity index (χ0n) is 14.6. The van der Waals surface area contributed by atoms with Crippen LogP contribution in [0.1, 0.15) is 10.4 Å². The number of thiophene rings is 1. The normalized spacial score (nSPS) is 14.3. The van der Waals surface area contributed by atoms with Crippen LogP contribution in [0.5, 0.6) is 0 Å². The van der Waals surface area contributed by atoms with Crippen molar-refractivity contribution in [2.45, 2.75) is 11.8 Å². The maximum Gasteiger partial charge on any atom is 0.272 e. The molecule has 0 bridgehead atoms. The Labute approximate surface area is 180 Å². The number of halogens is 2. The van der Waals surface area contributed by atoms with Crippen molar-refractivity contribution >= 4 is 69.4 Å². The number of hydrogen-bond acceptors (Lipinski definition) is 4. The number of amides is 2. The Bertz CT molecular complexity index is 1110. The Morgan fingerprint density at radius 2 is 1.71 bits per heavy atom. The van der Waals surface area contributed by atoms with Gasteiger partial charge in [-0.3, -0.25) is 9.59 Å². The summed E-state index contributed by atoms with van der Waals surface area (Å²) in [5.74, 6) is -0.697. The van der Waals surface area contributed by atoms with Crippen molar-refractivity contribution in [2.75, 3.05) is 4.90 Å². The summed E-state index contributed by atoms with van der Waals surface area (Å²) < 4.78 is 0. The zero-order chi connectivity index (χ0) is 19.8. The lowest BCUT2D eigenvalue weighted by atomic mass is 10.2. The lowest BCUT2D eigenvalue weighted by molar-refractivity contribution is -0.119. The standard InChI is InChI=1S/C21H13Cl2NO2S2/c1-12-4-7-14(11-16(12)23)24-20(25)18(17-3-2-10-27-17)19(21(24)26)28-15-8-5-13(22)6-9-15/h2-11H,1H3. The van der Waals surface area contributed by atoms with E-state index in [-0.39, 0.29) is 11.8 Å². The Kier molecular flexibility index (Phi) is 5.34. The number of carbonyl (C=O) groups is 2. The molecule has 0 fully saturated rings. The summed E-state index contributed by atoms with van der Waals surface area (Å²) in [7, 11) is 0. The van der Waals surface area contributed by atoms with Gasteiger partial charge in [0, 0.05) is 19.8 Å². The van der Waals surface area contributed by atoms with Crippen molar-refractivity contribution in [2.24, 2.45) is 0 Å². The summed E-state index contributed by atoms with van der Waals surface area (Å²) in [4.78, 5) is 29.7. The van der Waals surface area contributed by atoms with Gasteiger partial charge in [-0.05, 0) is 60.3 Å². The molecule has 0 aliphatic carbocycles. The number of rotatable bonds is 4. The third-order valence-corrected chi connectivity index (χ3v) is 6.89. The average Bonchev–Trinajstić information content (AvgIpc) is 3.27. The van der Waals surface area contributed by atoms with Crippen molar-refractivity contribution < 1.29 is 9.59 Å². The van der Waals surface area contributed by atoms with E-state index in [1.165, 1.54) is 28.0 Å². The first kappa shape index (κ1) is 19.3. The number of imide groups is 1. The summed E-state index contributed by atoms with van der Waals surface area (Å²) in [5.41, 5.74) is 1.76. The molecule has 2 heterocycles. The highest BCUT2D eigenvalue weighted by Gasteiger charge is 2.41. The number of aryl methyl sites for hydroxylation is 1. The Balaban J connectivity index is 1.79. The average molecular weight is 446 g/mol. The van der Waals surface area contributed by atoms with E-state index in [1.54, 1.807) is 30.3 Å². The third-order valence-electron chi connectivity index (χ3n) is 4.26. The molecule has 140 valence electrons. The Morgan fingerprint density at radius 3 is 2.36 bits per heavy atom. The van der Waals surface area contributed by atoms with Crippen LogP contribution in [-0.2, 0) is 9.59 Å². The van der Waals surface area contributed by atoms with E-state index in [0.29, 0.717) is 26.2 Å². The second-order valence-electron chi connectivity index (χ2n) is 6.12. The van der Waals surface area contributed by atoms with Gasteiger partial charge in [0.1, 0.15) is 0 Å². The van der Waals surface area contributed by atoms with Crippen molar-refractivity contribution in [3.8, 4) is 0 Å². The third kappa shape index (κ3) is 3.51. The molecule has 1 aliphatic rings. The second-order valence-corrected chi connectivity index (χ2v) is 8.99. The molecule has 0 radical (unpaired) electrons. The molecular weight excluding hydrogens is 433 g/mol. The summed E-state index contributed by atoms with van der Waals surface area (Å²) in [5, 5.41) is 3.01. The van der Waals surface area contributed by atoms with Gasteiger partial charge in [-0.2, -0.15) is 0 Å². The van der Waals surface area contributed by atoms with Gasteiger partial charge in [0.15, 0.2) is 0 Å². The van der Waals surface area contributed by atoms with E-state index in [9.17, 15) is 9.59 Å². The quantitative estimate of drug-likeness (QED) is 0.433. The number of hydrogen-bond donors (Lipinski definition) is 0. The minimum atomic E-state index is -0.353. The SMILES string of the molecule is Cc1ccc(N2C(=O)C(Sc3ccc(Cl)cc3)=C(c3cccs3)C2=O)cc1Cl. The zero-order valence-corrected chi connectivity index (χ0v) is 17.8. The van der Waals surface area contributed by atoms with Gasteiger partial charge < -0.3 is 0 Å². The van der Waals surface area contributed by atoms with Crippen molar-refractivity contribution in [3.05, 3.63) is 85.4 Å². The monoisotopic (exact) mass is 445 g/mol. The van der Waals surface area contributed by atoms with Crippen LogP contribution in [0.4, 0.5) is 5.69 Å². The largest absolute Gasteiger partial charge is 0.272 e. The molecule has 0 spiro atoms. The topological polar surface area (TPSA) is 37.4 Å². The molecule has 1 aliphatic heterocycles. The van der Waals surface area contributed by atoms with Gasteiger partial charge in [-0.1, -0.05) is 47.1 Å². The molecule has 3 aromatic rings. The molecule has 7 heteroatoms. The predicted molar refractivity (Wildman–Crippen MR) is 117 cm³/mol. The first-order valence-corrected chi connectivity index (χ1v) is 10.8. The number of nitrogens with zero attached hydrogens (tertiary/aromatic N) is 1. The van der Waals surface area contributed by atoms with Crippen LogP contribution in [-0.4, -0.2) is 11.8 Å². The van der Waals surface area contributed by atoms with Crippen molar-refractivity contribution in [1.82, 2.24) is 0 Å². The molecule has 0 saturated heterocycles. The maximum atomic E-state index is 13.3. The number of benzene rings is 2. The first-order valence-electron chi connectivity index (χ1n) is 8.32. The molecule has 0 N–H and O–H groups in total. The highest BCUT2D eigenvalue weighted by atomic mass is 35.5. The fraction of sp³-hybridized carbons (Fsp3) is 0.0476. The second kappa shape index (κ2) is 7.76. The molecule has 1 aromatic heterocycles. The number of thioether (sulfide) groups is 1. The smallest absolute Gasteiger partial charge is 0.268 e. The Hall–Kier alpha value is -2.05. The molecule has 4 rings (SSSR count). The van der Waals surface area contributed by atoms with Gasteiger partial charge in [-0.25, -0.2) is 4.90 Å². The molecule has 3 nitrogen and oxygen atoms in total. The summed E-state index contributed by atoms with van der Waals surface area (Å²) in [6.07, 6.45) is 0. The maximum absolute atomic E-state index is 13.3. The molecular formula is C21H13Cl2NO2S2. The lowest BCUT2D eigenvalue weighted by Gasteiger charge is -2.16. The van der Waals surface area contributed by atoms with E-state index in [4.69, 9.17) is 23.2 Å². The highest BCUT2D eigenvalue weighted by molar-refractivity contribution is 8.04. The minimum absolute atomic E-state index is 0.344. The van der Waals surface area contributed by atoms with Crippen LogP contribution < -0.4 is 4.90 Å². The van der Waals surface area contributed by atoms with Crippen LogP contribution in [0.15, 0.2) is 69.8 Å². The van der Waals surface area contributed by atoms with Crippen LogP contribution in [0.25, 0.3) is 5.57 Å². The molecule has 0 atom stereocenters. The minimum Gasteiger partial charge on any atom is -0.268 e. The molecule has 28 heavy (non-hydrogen) atoms. The van der Waals surface area contributed by atoms with Crippen LogP contribution in [0, 0.1) is 6.92 Å². The van der Waals surface area contributed by atoms with Crippen molar-refractivity contribution in [3.63, 3.8) is 0 Å². The predicted octanol–water partition coefficient (Wildman–Crippen LogP) is 6.44. The van der Waals surface area contributed by atoms with Gasteiger partial charge in [0.25, 0.3) is 11.8 Å². The molecule has 0 unspecified atom stereocenters. The molecule has 2 aromatic carbocycles. The molecule has 0 saturated carbocycles. The fourth-order valence-electron chi connectivity index (χ4n) is 2.82. The summed E-state index contributed by atoms with van der Waals surface area (Å²) in [6, 6.07) is 16.1. The number of carbonyl (C=O) groups excluding carboxylic acids is 2. The highest BCUT2D eigenvalue weighted by Crippen LogP contribution is 2.43. The number of anilines is 1. The fourth-order valence-corrected chi connectivity index (χ4v) is 4.94. The van der Waals surface area contributed by atoms with E-state index in [2.05, 4.69) is 0 Å². The summed E-state index contributed by atoms with van der Waals surface area (Å²) in [6.45, 7) is 1.87. The lowest BCUT2D eigenvalue weighted by Crippen LogP contribution is -2.31. The molecule has 2 amide bonds. The van der Waals surface area contributed by atoms with Gasteiger partial charge in [0.2, 0.25) is 0 Å². The van der Waals surface area contributed by atoms with Gasteiger partial charge in [-0.15, -0.1) is 11.3 Å². The van der Waals surface area contributed by atoms with Gasteiger partial charge >= 0.3 is 0 Å².